The van der Waals surface area contributed by atoms with Gasteiger partial charge in [0.15, 0.2) is 5.65 Å². The van der Waals surface area contributed by atoms with Crippen molar-refractivity contribution in [2.45, 2.75) is 31.2 Å². The molecule has 0 amide bonds. The second-order valence-corrected chi connectivity index (χ2v) is 4.13. The molecule has 5 heteroatoms. The standard InChI is InChI=1S/C10H13N5/c11-8-2-1-7(5-8)10-14-13-9-6-12-3-4-15(9)10/h3-4,6-8H,1-2,5,11H2. The van der Waals surface area contributed by atoms with Gasteiger partial charge in [-0.2, -0.15) is 0 Å². The van der Waals surface area contributed by atoms with Crippen molar-refractivity contribution in [3.63, 3.8) is 0 Å². The van der Waals surface area contributed by atoms with Crippen LogP contribution in [0.1, 0.15) is 31.0 Å². The normalized spacial score (nSPS) is 26.2. The Morgan fingerprint density at radius 1 is 1.33 bits per heavy atom. The van der Waals surface area contributed by atoms with Crippen LogP contribution in [0.5, 0.6) is 0 Å². The maximum Gasteiger partial charge on any atom is 0.179 e. The summed E-state index contributed by atoms with van der Waals surface area (Å²) in [5.41, 5.74) is 6.72. The first-order valence-electron chi connectivity index (χ1n) is 5.25. The predicted molar refractivity (Wildman–Crippen MR) is 55.3 cm³/mol. The third-order valence-electron chi connectivity index (χ3n) is 3.08. The molecule has 78 valence electrons. The fourth-order valence-electron chi connectivity index (χ4n) is 2.30. The number of rotatable bonds is 1. The van der Waals surface area contributed by atoms with E-state index in [-0.39, 0.29) is 0 Å². The van der Waals surface area contributed by atoms with Crippen molar-refractivity contribution in [3.05, 3.63) is 24.4 Å². The van der Waals surface area contributed by atoms with Gasteiger partial charge in [0, 0.05) is 24.4 Å². The molecule has 15 heavy (non-hydrogen) atoms. The number of nitrogens with two attached hydrogens (primary N) is 1. The van der Waals surface area contributed by atoms with E-state index in [1.165, 1.54) is 0 Å². The molecular weight excluding hydrogens is 190 g/mol. The summed E-state index contributed by atoms with van der Waals surface area (Å²) in [6.45, 7) is 0. The van der Waals surface area contributed by atoms with Crippen LogP contribution in [-0.4, -0.2) is 25.6 Å². The molecule has 0 aliphatic heterocycles. The summed E-state index contributed by atoms with van der Waals surface area (Å²) in [6, 6.07) is 0.323. The second kappa shape index (κ2) is 3.27. The first-order valence-corrected chi connectivity index (χ1v) is 5.25. The van der Waals surface area contributed by atoms with Crippen LogP contribution in [0.15, 0.2) is 18.6 Å². The first kappa shape index (κ1) is 8.79. The maximum absolute atomic E-state index is 5.91. The fourth-order valence-corrected chi connectivity index (χ4v) is 2.30. The third kappa shape index (κ3) is 1.39. The number of hydrogen-bond donors (Lipinski definition) is 1. The molecule has 0 spiro atoms. The van der Waals surface area contributed by atoms with Crippen LogP contribution in [0.25, 0.3) is 5.65 Å². The fraction of sp³-hybridized carbons (Fsp3) is 0.500. The van der Waals surface area contributed by atoms with Gasteiger partial charge < -0.3 is 5.73 Å². The lowest BCUT2D eigenvalue weighted by Gasteiger charge is -2.06. The van der Waals surface area contributed by atoms with Gasteiger partial charge in [-0.25, -0.2) is 0 Å². The van der Waals surface area contributed by atoms with E-state index in [0.29, 0.717) is 12.0 Å². The lowest BCUT2D eigenvalue weighted by atomic mass is 10.1. The number of hydrogen-bond acceptors (Lipinski definition) is 4. The van der Waals surface area contributed by atoms with Gasteiger partial charge in [-0.15, -0.1) is 10.2 Å². The highest BCUT2D eigenvalue weighted by atomic mass is 15.3. The van der Waals surface area contributed by atoms with Crippen molar-refractivity contribution < 1.29 is 0 Å². The van der Waals surface area contributed by atoms with Crippen molar-refractivity contribution in [3.8, 4) is 0 Å². The van der Waals surface area contributed by atoms with Gasteiger partial charge in [-0.1, -0.05) is 0 Å². The zero-order chi connectivity index (χ0) is 10.3. The number of aromatic nitrogens is 4. The molecule has 1 aliphatic carbocycles. The van der Waals surface area contributed by atoms with Gasteiger partial charge in [0.25, 0.3) is 0 Å². The molecular formula is C10H13N5. The molecule has 2 aromatic heterocycles. The Hall–Kier alpha value is -1.49. The second-order valence-electron chi connectivity index (χ2n) is 4.13. The minimum atomic E-state index is 0.323. The van der Waals surface area contributed by atoms with Crippen LogP contribution in [0.3, 0.4) is 0 Å². The molecule has 0 aromatic carbocycles. The zero-order valence-corrected chi connectivity index (χ0v) is 8.37. The maximum atomic E-state index is 5.91. The minimum Gasteiger partial charge on any atom is -0.328 e. The Balaban J connectivity index is 2.04. The summed E-state index contributed by atoms with van der Waals surface area (Å²) < 4.78 is 2.01. The Labute approximate surface area is 87.3 Å². The van der Waals surface area contributed by atoms with Crippen molar-refractivity contribution in [1.29, 1.82) is 0 Å². The van der Waals surface area contributed by atoms with E-state index in [0.717, 1.165) is 30.7 Å². The van der Waals surface area contributed by atoms with E-state index in [2.05, 4.69) is 15.2 Å². The van der Waals surface area contributed by atoms with Gasteiger partial charge in [-0.3, -0.25) is 9.38 Å². The van der Waals surface area contributed by atoms with Crippen LogP contribution in [0.4, 0.5) is 0 Å². The average molecular weight is 203 g/mol. The molecule has 2 atom stereocenters. The SMILES string of the molecule is NC1CCC(c2nnc3cnccn23)C1. The molecule has 3 rings (SSSR count). The lowest BCUT2D eigenvalue weighted by molar-refractivity contribution is 0.636. The van der Waals surface area contributed by atoms with Crippen molar-refractivity contribution in [2.24, 2.45) is 5.73 Å². The summed E-state index contributed by atoms with van der Waals surface area (Å²) in [7, 11) is 0. The molecule has 1 aliphatic rings. The van der Waals surface area contributed by atoms with Crippen LogP contribution in [0, 0.1) is 0 Å². The quantitative estimate of drug-likeness (QED) is 0.741. The van der Waals surface area contributed by atoms with Crippen LogP contribution >= 0.6 is 0 Å². The van der Waals surface area contributed by atoms with E-state index in [1.807, 2.05) is 10.6 Å². The molecule has 0 bridgehead atoms. The highest BCUT2D eigenvalue weighted by Gasteiger charge is 2.26. The first-order chi connectivity index (χ1) is 7.34. The third-order valence-corrected chi connectivity index (χ3v) is 3.08. The summed E-state index contributed by atoms with van der Waals surface area (Å²) >= 11 is 0. The summed E-state index contributed by atoms with van der Waals surface area (Å²) in [4.78, 5) is 4.02. The minimum absolute atomic E-state index is 0.323. The monoisotopic (exact) mass is 203 g/mol. The Kier molecular flexibility index (Phi) is 1.92. The molecule has 0 saturated heterocycles. The Morgan fingerprint density at radius 3 is 3.07 bits per heavy atom. The Morgan fingerprint density at radius 2 is 2.27 bits per heavy atom. The van der Waals surface area contributed by atoms with Crippen LogP contribution < -0.4 is 5.73 Å². The Bertz CT molecular complexity index is 477. The highest BCUT2D eigenvalue weighted by molar-refractivity contribution is 5.34. The molecule has 0 radical (unpaired) electrons. The molecule has 1 fully saturated rings. The molecule has 2 heterocycles. The zero-order valence-electron chi connectivity index (χ0n) is 8.37. The smallest absolute Gasteiger partial charge is 0.179 e. The van der Waals surface area contributed by atoms with Crippen molar-refractivity contribution >= 4 is 5.65 Å². The van der Waals surface area contributed by atoms with E-state index >= 15 is 0 Å². The van der Waals surface area contributed by atoms with Crippen molar-refractivity contribution in [1.82, 2.24) is 19.6 Å². The highest BCUT2D eigenvalue weighted by Crippen LogP contribution is 2.32. The van der Waals surface area contributed by atoms with E-state index < -0.39 is 0 Å². The molecule has 5 nitrogen and oxygen atoms in total. The molecule has 2 unspecified atom stereocenters. The molecule has 1 saturated carbocycles. The van der Waals surface area contributed by atoms with Gasteiger partial charge in [0.1, 0.15) is 5.82 Å². The van der Waals surface area contributed by atoms with Gasteiger partial charge in [0.05, 0.1) is 6.20 Å². The summed E-state index contributed by atoms with van der Waals surface area (Å²) in [6.07, 6.45) is 8.62. The van der Waals surface area contributed by atoms with E-state index in [9.17, 15) is 0 Å². The van der Waals surface area contributed by atoms with Gasteiger partial charge >= 0.3 is 0 Å². The van der Waals surface area contributed by atoms with Crippen LogP contribution in [0.2, 0.25) is 0 Å². The topological polar surface area (TPSA) is 69.1 Å². The molecule has 2 N–H and O–H groups in total. The van der Waals surface area contributed by atoms with Gasteiger partial charge in [0.2, 0.25) is 0 Å². The van der Waals surface area contributed by atoms with Crippen molar-refractivity contribution in [2.75, 3.05) is 0 Å². The van der Waals surface area contributed by atoms with Gasteiger partial charge in [-0.05, 0) is 19.3 Å². The number of nitrogens with zero attached hydrogens (tertiary/aromatic N) is 4. The largest absolute Gasteiger partial charge is 0.328 e. The van der Waals surface area contributed by atoms with E-state index in [1.54, 1.807) is 12.4 Å². The number of fused-ring (bicyclic) bond motifs is 1. The molecule has 2 aromatic rings. The lowest BCUT2D eigenvalue weighted by Crippen LogP contribution is -2.14. The average Bonchev–Trinajstić information content (AvgIpc) is 2.83. The summed E-state index contributed by atoms with van der Waals surface area (Å²) in [5.74, 6) is 1.48. The van der Waals surface area contributed by atoms with E-state index in [4.69, 9.17) is 5.73 Å². The predicted octanol–water partition coefficient (Wildman–Crippen LogP) is 0.719. The van der Waals surface area contributed by atoms with Crippen LogP contribution in [-0.2, 0) is 0 Å². The summed E-state index contributed by atoms with van der Waals surface area (Å²) in [5, 5.41) is 8.33.